The molecule has 42 heavy (non-hydrogen) atoms. The lowest BCUT2D eigenvalue weighted by atomic mass is 9.70. The van der Waals surface area contributed by atoms with Crippen LogP contribution in [0.5, 0.6) is 0 Å². The van der Waals surface area contributed by atoms with E-state index >= 15 is 0 Å². The molecule has 1 saturated carbocycles. The zero-order chi connectivity index (χ0) is 28.8. The number of nitrogens with one attached hydrogen (secondary N) is 5. The van der Waals surface area contributed by atoms with E-state index in [9.17, 15) is 9.59 Å². The van der Waals surface area contributed by atoms with E-state index in [1.54, 1.807) is 0 Å². The quantitative estimate of drug-likeness (QED) is 0.357. The number of anilines is 2. The zero-order valence-electron chi connectivity index (χ0n) is 24.4. The predicted octanol–water partition coefficient (Wildman–Crippen LogP) is 4.20. The maximum Gasteiger partial charge on any atom is 0.241 e. The lowest BCUT2D eigenvalue weighted by molar-refractivity contribution is -0.128. The van der Waals surface area contributed by atoms with Gasteiger partial charge in [0.1, 0.15) is 11.7 Å². The third kappa shape index (κ3) is 6.51. The smallest absolute Gasteiger partial charge is 0.241 e. The fourth-order valence-corrected chi connectivity index (χ4v) is 6.98. The van der Waals surface area contributed by atoms with E-state index in [4.69, 9.17) is 0 Å². The molecule has 2 atom stereocenters. The minimum Gasteiger partial charge on any atom is -0.368 e. The van der Waals surface area contributed by atoms with Gasteiger partial charge in [0.15, 0.2) is 0 Å². The molecule has 2 amide bonds. The van der Waals surface area contributed by atoms with Crippen molar-refractivity contribution in [3.8, 4) is 0 Å². The van der Waals surface area contributed by atoms with Crippen molar-refractivity contribution in [1.29, 1.82) is 0 Å². The van der Waals surface area contributed by atoms with E-state index in [1.807, 2.05) is 48.5 Å². The zero-order valence-corrected chi connectivity index (χ0v) is 24.4. The summed E-state index contributed by atoms with van der Waals surface area (Å²) in [4.78, 5) is 36.4. The van der Waals surface area contributed by atoms with Gasteiger partial charge < -0.3 is 21.3 Å². The molecule has 222 valence electrons. The molecule has 2 fully saturated rings. The summed E-state index contributed by atoms with van der Waals surface area (Å²) in [5.41, 5.74) is 3.23. The number of piperidine rings is 1. The van der Waals surface area contributed by atoms with Gasteiger partial charge in [0, 0.05) is 41.1 Å². The first-order valence-electron chi connectivity index (χ1n) is 15.8. The first-order valence-corrected chi connectivity index (χ1v) is 15.8. The average molecular weight is 570 g/mol. The van der Waals surface area contributed by atoms with Crippen LogP contribution in [0.15, 0.2) is 58.5 Å². The summed E-state index contributed by atoms with van der Waals surface area (Å²) in [6.07, 6.45) is 10.0. The summed E-state index contributed by atoms with van der Waals surface area (Å²) in [7, 11) is 0. The SMILES string of the molecule is O=C(Nc1ccc(C2=NCCN2)cc1)C1CCC(C(=O)Nc2ccc(C3=NCCN3)cc2)C2(CCCCCCCC2)N1. The average Bonchev–Trinajstić information content (AvgIpc) is 3.75. The van der Waals surface area contributed by atoms with E-state index in [0.29, 0.717) is 12.8 Å². The molecule has 1 saturated heterocycles. The van der Waals surface area contributed by atoms with E-state index in [-0.39, 0.29) is 23.8 Å². The second-order valence-corrected chi connectivity index (χ2v) is 12.1. The number of nitrogens with zero attached hydrogens (tertiary/aromatic N) is 2. The van der Waals surface area contributed by atoms with E-state index in [2.05, 4.69) is 36.6 Å². The minimum atomic E-state index is -0.396. The molecule has 0 aromatic heterocycles. The van der Waals surface area contributed by atoms with Gasteiger partial charge in [-0.3, -0.25) is 24.9 Å². The Morgan fingerprint density at radius 1 is 0.667 bits per heavy atom. The van der Waals surface area contributed by atoms with Gasteiger partial charge in [-0.2, -0.15) is 0 Å². The van der Waals surface area contributed by atoms with Crippen molar-refractivity contribution < 1.29 is 9.59 Å². The third-order valence-corrected chi connectivity index (χ3v) is 9.20. The Bertz CT molecular complexity index is 1310. The van der Waals surface area contributed by atoms with Crippen molar-refractivity contribution in [3.63, 3.8) is 0 Å². The van der Waals surface area contributed by atoms with Crippen molar-refractivity contribution in [1.82, 2.24) is 16.0 Å². The molecule has 5 N–H and O–H groups in total. The molecule has 6 rings (SSSR count). The second-order valence-electron chi connectivity index (χ2n) is 12.1. The highest BCUT2D eigenvalue weighted by Crippen LogP contribution is 2.39. The monoisotopic (exact) mass is 569 g/mol. The Kier molecular flexibility index (Phi) is 8.84. The van der Waals surface area contributed by atoms with Crippen LogP contribution in [0.1, 0.15) is 75.3 Å². The number of carbonyl (C=O) groups is 2. The molecular weight excluding hydrogens is 526 g/mol. The van der Waals surface area contributed by atoms with E-state index < -0.39 is 5.54 Å². The summed E-state index contributed by atoms with van der Waals surface area (Å²) in [5.74, 6) is 1.64. The molecule has 9 heteroatoms. The Morgan fingerprint density at radius 3 is 1.67 bits per heavy atom. The van der Waals surface area contributed by atoms with Gasteiger partial charge in [0.05, 0.1) is 25.0 Å². The van der Waals surface area contributed by atoms with Crippen molar-refractivity contribution in [2.24, 2.45) is 15.9 Å². The normalized spacial score (nSPS) is 23.8. The van der Waals surface area contributed by atoms with Gasteiger partial charge in [-0.05, 0) is 74.2 Å². The predicted molar refractivity (Wildman–Crippen MR) is 168 cm³/mol. The van der Waals surface area contributed by atoms with Crippen LogP contribution in [-0.2, 0) is 9.59 Å². The van der Waals surface area contributed by atoms with Crippen LogP contribution in [0, 0.1) is 5.92 Å². The minimum absolute atomic E-state index is 0.0313. The molecule has 3 heterocycles. The first-order chi connectivity index (χ1) is 20.6. The lowest BCUT2D eigenvalue weighted by Crippen LogP contribution is -2.64. The van der Waals surface area contributed by atoms with Crippen molar-refractivity contribution in [3.05, 3.63) is 59.7 Å². The van der Waals surface area contributed by atoms with Gasteiger partial charge in [0.2, 0.25) is 11.8 Å². The summed E-state index contributed by atoms with van der Waals surface area (Å²) >= 11 is 0. The van der Waals surface area contributed by atoms with Crippen LogP contribution < -0.4 is 26.6 Å². The summed E-state index contributed by atoms with van der Waals surface area (Å²) in [6.45, 7) is 3.32. The van der Waals surface area contributed by atoms with Crippen LogP contribution in [0.25, 0.3) is 0 Å². The highest BCUT2D eigenvalue weighted by Gasteiger charge is 2.47. The summed E-state index contributed by atoms with van der Waals surface area (Å²) < 4.78 is 0. The van der Waals surface area contributed by atoms with Crippen LogP contribution in [-0.4, -0.2) is 61.2 Å². The number of hydrogen-bond donors (Lipinski definition) is 5. The molecule has 3 aliphatic heterocycles. The molecule has 2 aromatic rings. The topological polar surface area (TPSA) is 119 Å². The molecular formula is C33H43N7O2. The van der Waals surface area contributed by atoms with Gasteiger partial charge in [-0.25, -0.2) is 0 Å². The number of hydrogen-bond acceptors (Lipinski definition) is 7. The molecule has 1 spiro atoms. The van der Waals surface area contributed by atoms with E-state index in [1.165, 1.54) is 25.7 Å². The van der Waals surface area contributed by atoms with Gasteiger partial charge in [-0.15, -0.1) is 0 Å². The Labute approximate surface area is 248 Å². The molecule has 2 aromatic carbocycles. The van der Waals surface area contributed by atoms with Crippen LogP contribution in [0.3, 0.4) is 0 Å². The van der Waals surface area contributed by atoms with Crippen molar-refractivity contribution in [2.75, 3.05) is 36.8 Å². The largest absolute Gasteiger partial charge is 0.368 e. The summed E-state index contributed by atoms with van der Waals surface area (Å²) in [5, 5.41) is 16.7. The number of benzene rings is 2. The fourth-order valence-electron chi connectivity index (χ4n) is 6.98. The van der Waals surface area contributed by atoms with Gasteiger partial charge in [0.25, 0.3) is 0 Å². The molecule has 2 unspecified atom stereocenters. The maximum atomic E-state index is 13.9. The fraction of sp³-hybridized carbons (Fsp3) is 0.515. The van der Waals surface area contributed by atoms with Crippen molar-refractivity contribution >= 4 is 34.9 Å². The number of amides is 2. The third-order valence-electron chi connectivity index (χ3n) is 9.20. The molecule has 0 bridgehead atoms. The second kappa shape index (κ2) is 13.1. The number of aliphatic imine (C=N–C) groups is 2. The Morgan fingerprint density at radius 2 is 1.17 bits per heavy atom. The first kappa shape index (κ1) is 28.4. The van der Waals surface area contributed by atoms with Crippen molar-refractivity contribution in [2.45, 2.75) is 75.8 Å². The van der Waals surface area contributed by atoms with Gasteiger partial charge >= 0.3 is 0 Å². The molecule has 4 aliphatic rings. The highest BCUT2D eigenvalue weighted by atomic mass is 16.2. The molecule has 1 aliphatic carbocycles. The van der Waals surface area contributed by atoms with Crippen LogP contribution in [0.2, 0.25) is 0 Å². The van der Waals surface area contributed by atoms with Gasteiger partial charge in [-0.1, -0.05) is 38.5 Å². The standard InChI is InChI=1S/C33H43N7O2/c41-31(38-25-11-7-23(8-12-25)29-34-19-20-35-29)27-15-16-28(40-33(27)17-5-3-1-2-4-6-18-33)32(42)39-26-13-9-24(10-14-26)30-36-21-22-37-30/h7-14,27-28,40H,1-6,15-22H2,(H,34,35)(H,36,37)(H,38,41)(H,39,42). The Balaban J connectivity index is 1.15. The lowest BCUT2D eigenvalue weighted by Gasteiger charge is -2.47. The number of rotatable bonds is 6. The summed E-state index contributed by atoms with van der Waals surface area (Å²) in [6, 6.07) is 15.4. The maximum absolute atomic E-state index is 13.9. The highest BCUT2D eigenvalue weighted by molar-refractivity contribution is 6.02. The Hall–Kier alpha value is -3.72. The van der Waals surface area contributed by atoms with E-state index in [0.717, 1.165) is 86.0 Å². The van der Waals surface area contributed by atoms with Crippen LogP contribution >= 0.6 is 0 Å². The van der Waals surface area contributed by atoms with Crippen LogP contribution in [0.4, 0.5) is 11.4 Å². The molecule has 9 nitrogen and oxygen atoms in total. The number of carbonyl (C=O) groups excluding carboxylic acids is 2. The molecule has 0 radical (unpaired) electrons. The number of amidine groups is 2.